The van der Waals surface area contributed by atoms with Crippen LogP contribution in [0.15, 0.2) is 66.7 Å². The van der Waals surface area contributed by atoms with Gasteiger partial charge in [0.2, 0.25) is 0 Å². The fourth-order valence-electron chi connectivity index (χ4n) is 3.17. The van der Waals surface area contributed by atoms with Gasteiger partial charge in [0.25, 0.3) is 11.8 Å². The average molecular weight is 447 g/mol. The number of hydrogen-bond donors (Lipinski definition) is 2. The Bertz CT molecular complexity index is 1160. The number of methoxy groups -OCH3 is 2. The second-order valence-corrected chi connectivity index (χ2v) is 7.49. The zero-order valence-corrected chi connectivity index (χ0v) is 19.0. The highest BCUT2D eigenvalue weighted by atomic mass is 16.5. The molecule has 0 aromatic heterocycles. The molecule has 7 heteroatoms. The number of anilines is 1. The fraction of sp³-hybridized carbons (Fsp3) is 0.154. The SMILES string of the molecule is COc1cc(/C=C(\C(=O)N(C)C)c2ccc(NC(=O)c3cccc(O)c3)cc2)cc(OC)c1. The molecule has 7 nitrogen and oxygen atoms in total. The number of phenols is 1. The number of carbonyl (C=O) groups is 2. The highest BCUT2D eigenvalue weighted by Gasteiger charge is 2.15. The number of amides is 2. The molecule has 0 spiro atoms. The number of carbonyl (C=O) groups excluding carboxylic acids is 2. The van der Waals surface area contributed by atoms with Gasteiger partial charge in [0.1, 0.15) is 17.2 Å². The van der Waals surface area contributed by atoms with Gasteiger partial charge in [-0.3, -0.25) is 9.59 Å². The highest BCUT2D eigenvalue weighted by molar-refractivity contribution is 6.24. The van der Waals surface area contributed by atoms with E-state index in [0.29, 0.717) is 33.9 Å². The Morgan fingerprint density at radius 3 is 2.06 bits per heavy atom. The molecule has 3 aromatic rings. The van der Waals surface area contributed by atoms with Crippen molar-refractivity contribution in [2.45, 2.75) is 0 Å². The molecule has 2 N–H and O–H groups in total. The van der Waals surface area contributed by atoms with E-state index in [2.05, 4.69) is 5.32 Å². The van der Waals surface area contributed by atoms with Crippen molar-refractivity contribution in [2.75, 3.05) is 33.6 Å². The maximum Gasteiger partial charge on any atom is 0.255 e. The number of hydrogen-bond acceptors (Lipinski definition) is 5. The quantitative estimate of drug-likeness (QED) is 0.418. The van der Waals surface area contributed by atoms with Gasteiger partial charge in [-0.15, -0.1) is 0 Å². The zero-order valence-electron chi connectivity index (χ0n) is 19.0. The number of phenolic OH excluding ortho intramolecular Hbond substituents is 1. The Labute approximate surface area is 192 Å². The smallest absolute Gasteiger partial charge is 0.255 e. The summed E-state index contributed by atoms with van der Waals surface area (Å²) in [7, 11) is 6.51. The van der Waals surface area contributed by atoms with E-state index in [4.69, 9.17) is 9.47 Å². The van der Waals surface area contributed by atoms with Crippen LogP contribution < -0.4 is 14.8 Å². The predicted molar refractivity (Wildman–Crippen MR) is 129 cm³/mol. The summed E-state index contributed by atoms with van der Waals surface area (Å²) in [5.41, 5.74) is 2.81. The Morgan fingerprint density at radius 1 is 0.879 bits per heavy atom. The first-order valence-electron chi connectivity index (χ1n) is 10.2. The van der Waals surface area contributed by atoms with Crippen molar-refractivity contribution in [3.05, 3.63) is 83.4 Å². The molecule has 0 aliphatic heterocycles. The first-order chi connectivity index (χ1) is 15.8. The van der Waals surface area contributed by atoms with Gasteiger partial charge in [0.05, 0.1) is 14.2 Å². The van der Waals surface area contributed by atoms with Gasteiger partial charge < -0.3 is 24.8 Å². The Morgan fingerprint density at radius 2 is 1.52 bits per heavy atom. The maximum absolute atomic E-state index is 12.9. The van der Waals surface area contributed by atoms with E-state index < -0.39 is 0 Å². The van der Waals surface area contributed by atoms with E-state index in [0.717, 1.165) is 5.56 Å². The van der Waals surface area contributed by atoms with Crippen molar-refractivity contribution in [3.8, 4) is 17.2 Å². The predicted octanol–water partition coefficient (Wildman–Crippen LogP) is 4.29. The molecule has 0 radical (unpaired) electrons. The molecular formula is C26H26N2O5. The number of nitrogens with one attached hydrogen (secondary N) is 1. The van der Waals surface area contributed by atoms with Gasteiger partial charge in [0.15, 0.2) is 0 Å². The molecule has 0 bridgehead atoms. The van der Waals surface area contributed by atoms with Crippen LogP contribution >= 0.6 is 0 Å². The van der Waals surface area contributed by atoms with Crippen molar-refractivity contribution in [1.82, 2.24) is 4.90 Å². The molecule has 0 atom stereocenters. The molecule has 0 heterocycles. The molecule has 0 saturated carbocycles. The summed E-state index contributed by atoms with van der Waals surface area (Å²) in [6, 6.07) is 18.5. The third kappa shape index (κ3) is 5.92. The molecule has 33 heavy (non-hydrogen) atoms. The van der Waals surface area contributed by atoms with Crippen molar-refractivity contribution in [1.29, 1.82) is 0 Å². The van der Waals surface area contributed by atoms with Crippen molar-refractivity contribution in [3.63, 3.8) is 0 Å². The third-order valence-corrected chi connectivity index (χ3v) is 4.88. The van der Waals surface area contributed by atoms with Crippen LogP contribution in [0.1, 0.15) is 21.5 Å². The number of ether oxygens (including phenoxy) is 2. The fourth-order valence-corrected chi connectivity index (χ4v) is 3.17. The van der Waals surface area contributed by atoms with Crippen LogP contribution in [0.2, 0.25) is 0 Å². The van der Waals surface area contributed by atoms with Gasteiger partial charge in [-0.25, -0.2) is 0 Å². The van der Waals surface area contributed by atoms with Gasteiger partial charge >= 0.3 is 0 Å². The van der Waals surface area contributed by atoms with Crippen LogP contribution in [0.4, 0.5) is 5.69 Å². The highest BCUT2D eigenvalue weighted by Crippen LogP contribution is 2.27. The largest absolute Gasteiger partial charge is 0.508 e. The van der Waals surface area contributed by atoms with E-state index in [1.165, 1.54) is 17.0 Å². The monoisotopic (exact) mass is 446 g/mol. The number of benzene rings is 3. The lowest BCUT2D eigenvalue weighted by Crippen LogP contribution is -2.22. The van der Waals surface area contributed by atoms with E-state index >= 15 is 0 Å². The second kappa shape index (κ2) is 10.4. The summed E-state index contributed by atoms with van der Waals surface area (Å²) in [5, 5.41) is 12.4. The van der Waals surface area contributed by atoms with Gasteiger partial charge in [0, 0.05) is 37.0 Å². The van der Waals surface area contributed by atoms with E-state index in [9.17, 15) is 14.7 Å². The first kappa shape index (κ1) is 23.4. The minimum Gasteiger partial charge on any atom is -0.508 e. The van der Waals surface area contributed by atoms with Gasteiger partial charge in [-0.05, 0) is 59.7 Å². The number of aromatic hydroxyl groups is 1. The standard InChI is InChI=1S/C26H26N2O5/c1-28(2)26(31)24(14-17-12-22(32-3)16-23(13-17)33-4)18-8-10-20(11-9-18)27-25(30)19-6-5-7-21(29)15-19/h5-16,29H,1-4H3,(H,27,30)/b24-14-. The number of rotatable bonds is 7. The topological polar surface area (TPSA) is 88.1 Å². The summed E-state index contributed by atoms with van der Waals surface area (Å²) in [6.45, 7) is 0. The van der Waals surface area contributed by atoms with E-state index in [-0.39, 0.29) is 17.6 Å². The summed E-state index contributed by atoms with van der Waals surface area (Å²) in [6.07, 6.45) is 1.77. The lowest BCUT2D eigenvalue weighted by Gasteiger charge is -2.15. The van der Waals surface area contributed by atoms with Gasteiger partial charge in [-0.2, -0.15) is 0 Å². The van der Waals surface area contributed by atoms with Crippen molar-refractivity contribution >= 4 is 29.2 Å². The minimum absolute atomic E-state index is 0.0177. The summed E-state index contributed by atoms with van der Waals surface area (Å²) >= 11 is 0. The normalized spacial score (nSPS) is 11.0. The van der Waals surface area contributed by atoms with E-state index in [1.807, 2.05) is 12.1 Å². The van der Waals surface area contributed by atoms with Gasteiger partial charge in [-0.1, -0.05) is 18.2 Å². The minimum atomic E-state index is -0.345. The van der Waals surface area contributed by atoms with Crippen molar-refractivity contribution in [2.24, 2.45) is 0 Å². The van der Waals surface area contributed by atoms with Crippen LogP contribution in [-0.2, 0) is 4.79 Å². The number of nitrogens with zero attached hydrogens (tertiary/aromatic N) is 1. The number of likely N-dealkylation sites (N-methyl/N-ethyl adjacent to an activating group) is 1. The maximum atomic E-state index is 12.9. The zero-order chi connectivity index (χ0) is 24.0. The molecule has 0 unspecified atom stereocenters. The second-order valence-electron chi connectivity index (χ2n) is 7.49. The molecule has 3 rings (SSSR count). The molecule has 170 valence electrons. The van der Waals surface area contributed by atoms with Crippen LogP contribution in [-0.4, -0.2) is 50.1 Å². The lowest BCUT2D eigenvalue weighted by molar-refractivity contribution is -0.122. The Hall–Kier alpha value is -4.26. The summed E-state index contributed by atoms with van der Waals surface area (Å²) in [4.78, 5) is 26.9. The van der Waals surface area contributed by atoms with Crippen LogP contribution in [0, 0.1) is 0 Å². The summed E-state index contributed by atoms with van der Waals surface area (Å²) in [5.74, 6) is 0.726. The molecule has 3 aromatic carbocycles. The summed E-state index contributed by atoms with van der Waals surface area (Å²) < 4.78 is 10.7. The molecular weight excluding hydrogens is 420 g/mol. The van der Waals surface area contributed by atoms with Crippen LogP contribution in [0.25, 0.3) is 11.6 Å². The van der Waals surface area contributed by atoms with Crippen LogP contribution in [0.5, 0.6) is 17.2 Å². The molecule has 0 fully saturated rings. The van der Waals surface area contributed by atoms with Crippen LogP contribution in [0.3, 0.4) is 0 Å². The third-order valence-electron chi connectivity index (χ3n) is 4.88. The first-order valence-corrected chi connectivity index (χ1v) is 10.2. The molecule has 0 aliphatic rings. The Balaban J connectivity index is 1.92. The Kier molecular flexibility index (Phi) is 7.35. The molecule has 0 aliphatic carbocycles. The molecule has 2 amide bonds. The molecule has 0 saturated heterocycles. The average Bonchev–Trinajstić information content (AvgIpc) is 2.82. The van der Waals surface area contributed by atoms with Crippen molar-refractivity contribution < 1.29 is 24.2 Å². The lowest BCUT2D eigenvalue weighted by atomic mass is 10.0. The van der Waals surface area contributed by atoms with E-state index in [1.54, 1.807) is 76.9 Å².